The van der Waals surface area contributed by atoms with Gasteiger partial charge in [0, 0.05) is 24.6 Å². The van der Waals surface area contributed by atoms with Crippen LogP contribution in [-0.2, 0) is 11.3 Å². The number of rotatable bonds is 9. The molecular formula is C28H29N3O4. The van der Waals surface area contributed by atoms with Crippen LogP contribution in [0.3, 0.4) is 0 Å². The molecule has 7 nitrogen and oxygen atoms in total. The second kappa shape index (κ2) is 10.2. The Balaban J connectivity index is 1.36. The number of aliphatic hydroxyl groups is 1. The van der Waals surface area contributed by atoms with Crippen LogP contribution in [0, 0.1) is 0 Å². The van der Waals surface area contributed by atoms with Crippen LogP contribution in [0.1, 0.15) is 25.1 Å². The summed E-state index contributed by atoms with van der Waals surface area (Å²) in [6.07, 6.45) is -0.362. The molecule has 0 radical (unpaired) electrons. The number of amides is 1. The summed E-state index contributed by atoms with van der Waals surface area (Å²) in [5.74, 6) is 2.30. The van der Waals surface area contributed by atoms with Gasteiger partial charge in [0.25, 0.3) is 0 Å². The Hall–Kier alpha value is -3.84. The van der Waals surface area contributed by atoms with E-state index in [0.29, 0.717) is 26.1 Å². The van der Waals surface area contributed by atoms with E-state index in [1.807, 2.05) is 90.4 Å². The molecule has 1 fully saturated rings. The summed E-state index contributed by atoms with van der Waals surface area (Å²) < 4.78 is 13.3. The molecule has 7 heteroatoms. The van der Waals surface area contributed by atoms with Crippen LogP contribution < -0.4 is 14.4 Å². The van der Waals surface area contributed by atoms with E-state index in [2.05, 4.69) is 0 Å². The van der Waals surface area contributed by atoms with Gasteiger partial charge < -0.3 is 24.0 Å². The Kier molecular flexibility index (Phi) is 6.68. The summed E-state index contributed by atoms with van der Waals surface area (Å²) in [6.45, 7) is 3.57. The molecule has 2 heterocycles. The Morgan fingerprint density at radius 1 is 0.971 bits per heavy atom. The van der Waals surface area contributed by atoms with E-state index in [1.165, 1.54) is 0 Å². The standard InChI is InChI=1S/C28H29N3O4/c1-2-34-24-14-12-21(13-15-24)30-17-20(16-27(30)33)28-29-25-10-6-7-11-26(25)31(28)18-22(32)19-35-23-8-4-3-5-9-23/h3-15,20,22,32H,2,16-19H2,1H3. The number of hydrogen-bond acceptors (Lipinski definition) is 5. The van der Waals surface area contributed by atoms with Gasteiger partial charge >= 0.3 is 0 Å². The van der Waals surface area contributed by atoms with E-state index < -0.39 is 6.10 Å². The minimum Gasteiger partial charge on any atom is -0.494 e. The van der Waals surface area contributed by atoms with Crippen molar-refractivity contribution in [1.82, 2.24) is 9.55 Å². The second-order valence-electron chi connectivity index (χ2n) is 8.68. The molecule has 5 rings (SSSR count). The number of imidazole rings is 1. The normalized spacial score (nSPS) is 16.6. The lowest BCUT2D eigenvalue weighted by molar-refractivity contribution is -0.117. The summed E-state index contributed by atoms with van der Waals surface area (Å²) in [4.78, 5) is 19.6. The van der Waals surface area contributed by atoms with E-state index in [4.69, 9.17) is 14.5 Å². The Morgan fingerprint density at radius 3 is 2.46 bits per heavy atom. The molecule has 0 bridgehead atoms. The van der Waals surface area contributed by atoms with Crippen molar-refractivity contribution in [3.05, 3.63) is 84.7 Å². The topological polar surface area (TPSA) is 76.8 Å². The number of aromatic nitrogens is 2. The lowest BCUT2D eigenvalue weighted by Gasteiger charge is -2.19. The van der Waals surface area contributed by atoms with Crippen molar-refractivity contribution in [3.63, 3.8) is 0 Å². The molecule has 1 amide bonds. The number of hydrogen-bond donors (Lipinski definition) is 1. The van der Waals surface area contributed by atoms with E-state index in [-0.39, 0.29) is 18.4 Å². The van der Waals surface area contributed by atoms with Gasteiger partial charge in [-0.2, -0.15) is 0 Å². The van der Waals surface area contributed by atoms with Crippen LogP contribution in [-0.4, -0.2) is 46.4 Å². The van der Waals surface area contributed by atoms with Crippen LogP contribution in [0.2, 0.25) is 0 Å². The van der Waals surface area contributed by atoms with Crippen molar-refractivity contribution in [1.29, 1.82) is 0 Å². The van der Waals surface area contributed by atoms with Crippen LogP contribution in [0.5, 0.6) is 11.5 Å². The van der Waals surface area contributed by atoms with Crippen molar-refractivity contribution in [2.45, 2.75) is 31.9 Å². The molecule has 4 aromatic rings. The first-order chi connectivity index (χ1) is 17.1. The highest BCUT2D eigenvalue weighted by atomic mass is 16.5. The highest BCUT2D eigenvalue weighted by Gasteiger charge is 2.35. The lowest BCUT2D eigenvalue weighted by atomic mass is 10.1. The molecule has 0 saturated carbocycles. The maximum Gasteiger partial charge on any atom is 0.227 e. The van der Waals surface area contributed by atoms with Gasteiger partial charge in [-0.05, 0) is 55.5 Å². The molecule has 180 valence electrons. The van der Waals surface area contributed by atoms with Crippen LogP contribution >= 0.6 is 0 Å². The third kappa shape index (κ3) is 5.00. The summed E-state index contributed by atoms with van der Waals surface area (Å²) in [7, 11) is 0. The summed E-state index contributed by atoms with van der Waals surface area (Å²) in [6, 6.07) is 24.9. The van der Waals surface area contributed by atoms with E-state index >= 15 is 0 Å². The molecule has 1 saturated heterocycles. The maximum atomic E-state index is 13.0. The highest BCUT2D eigenvalue weighted by Crippen LogP contribution is 2.34. The quantitative estimate of drug-likeness (QED) is 0.392. The summed E-state index contributed by atoms with van der Waals surface area (Å²) >= 11 is 0. The Bertz CT molecular complexity index is 1290. The largest absolute Gasteiger partial charge is 0.494 e. The monoisotopic (exact) mass is 471 g/mol. The molecule has 2 unspecified atom stereocenters. The number of ether oxygens (including phenoxy) is 2. The molecule has 35 heavy (non-hydrogen) atoms. The first-order valence-electron chi connectivity index (χ1n) is 12.0. The summed E-state index contributed by atoms with van der Waals surface area (Å²) in [5.41, 5.74) is 2.64. The van der Waals surface area contributed by atoms with Gasteiger partial charge in [-0.15, -0.1) is 0 Å². The third-order valence-corrected chi connectivity index (χ3v) is 6.21. The molecule has 1 N–H and O–H groups in total. The lowest BCUT2D eigenvalue weighted by Crippen LogP contribution is -2.26. The molecule has 1 aliphatic rings. The van der Waals surface area contributed by atoms with Gasteiger partial charge in [-0.3, -0.25) is 4.79 Å². The molecular weight excluding hydrogens is 442 g/mol. The van der Waals surface area contributed by atoms with Crippen molar-refractivity contribution in [2.24, 2.45) is 0 Å². The molecule has 1 aliphatic heterocycles. The predicted octanol–water partition coefficient (Wildman–Crippen LogP) is 4.40. The number of anilines is 1. The zero-order valence-electron chi connectivity index (χ0n) is 19.7. The van der Waals surface area contributed by atoms with E-state index in [1.54, 1.807) is 4.90 Å². The third-order valence-electron chi connectivity index (χ3n) is 6.21. The van der Waals surface area contributed by atoms with Gasteiger partial charge in [-0.1, -0.05) is 30.3 Å². The van der Waals surface area contributed by atoms with Crippen molar-refractivity contribution in [2.75, 3.05) is 24.7 Å². The van der Waals surface area contributed by atoms with Gasteiger partial charge in [-0.25, -0.2) is 4.98 Å². The first-order valence-corrected chi connectivity index (χ1v) is 12.0. The molecule has 0 spiro atoms. The number of nitrogens with zero attached hydrogens (tertiary/aromatic N) is 3. The predicted molar refractivity (Wildman–Crippen MR) is 135 cm³/mol. The number of para-hydroxylation sites is 3. The fraction of sp³-hybridized carbons (Fsp3) is 0.286. The highest BCUT2D eigenvalue weighted by molar-refractivity contribution is 5.96. The molecule has 3 aromatic carbocycles. The van der Waals surface area contributed by atoms with Crippen LogP contribution in [0.15, 0.2) is 78.9 Å². The Morgan fingerprint density at radius 2 is 1.69 bits per heavy atom. The summed E-state index contributed by atoms with van der Waals surface area (Å²) in [5, 5.41) is 10.8. The smallest absolute Gasteiger partial charge is 0.227 e. The molecule has 0 aliphatic carbocycles. The number of benzene rings is 3. The van der Waals surface area contributed by atoms with E-state index in [0.717, 1.165) is 34.0 Å². The fourth-order valence-electron chi connectivity index (χ4n) is 4.59. The maximum absolute atomic E-state index is 13.0. The first kappa shape index (κ1) is 22.9. The van der Waals surface area contributed by atoms with Crippen molar-refractivity contribution >= 4 is 22.6 Å². The number of fused-ring (bicyclic) bond motifs is 1. The van der Waals surface area contributed by atoms with Crippen LogP contribution in [0.4, 0.5) is 5.69 Å². The van der Waals surface area contributed by atoms with Gasteiger partial charge in [0.2, 0.25) is 5.91 Å². The van der Waals surface area contributed by atoms with Crippen molar-refractivity contribution in [3.8, 4) is 11.5 Å². The zero-order chi connectivity index (χ0) is 24.2. The zero-order valence-corrected chi connectivity index (χ0v) is 19.7. The number of carbonyl (C=O) groups excluding carboxylic acids is 1. The average molecular weight is 472 g/mol. The number of carbonyl (C=O) groups is 1. The molecule has 2 atom stereocenters. The van der Waals surface area contributed by atoms with Crippen molar-refractivity contribution < 1.29 is 19.4 Å². The Labute approximate surface area is 204 Å². The fourth-order valence-corrected chi connectivity index (χ4v) is 4.59. The molecule has 1 aromatic heterocycles. The SMILES string of the molecule is CCOc1ccc(N2CC(c3nc4ccccc4n3CC(O)COc3ccccc3)CC2=O)cc1. The van der Waals surface area contributed by atoms with Crippen LogP contribution in [0.25, 0.3) is 11.0 Å². The second-order valence-corrected chi connectivity index (χ2v) is 8.68. The minimum absolute atomic E-state index is 0.0609. The van der Waals surface area contributed by atoms with Gasteiger partial charge in [0.15, 0.2) is 0 Å². The van der Waals surface area contributed by atoms with Gasteiger partial charge in [0.05, 0.1) is 24.2 Å². The van der Waals surface area contributed by atoms with Gasteiger partial charge in [0.1, 0.15) is 30.0 Å². The van der Waals surface area contributed by atoms with E-state index in [9.17, 15) is 9.90 Å². The minimum atomic E-state index is -0.731. The average Bonchev–Trinajstić information content (AvgIpc) is 3.45. The number of aliphatic hydroxyl groups excluding tert-OH is 1.